The summed E-state index contributed by atoms with van der Waals surface area (Å²) in [5.74, 6) is -1.29. The fraction of sp³-hybridized carbons (Fsp3) is 0.333. The van der Waals surface area contributed by atoms with E-state index in [1.165, 1.54) is 32.4 Å². The molecule has 0 radical (unpaired) electrons. The Morgan fingerprint density at radius 3 is 2.54 bits per heavy atom. The molecule has 0 unspecified atom stereocenters. The lowest BCUT2D eigenvalue weighted by molar-refractivity contribution is -0.146. The molecule has 0 bridgehead atoms. The zero-order valence-corrected chi connectivity index (χ0v) is 20.0. The quantitative estimate of drug-likeness (QED) is 0.304. The van der Waals surface area contributed by atoms with Crippen molar-refractivity contribution in [3.05, 3.63) is 77.4 Å². The van der Waals surface area contributed by atoms with Crippen LogP contribution in [0.3, 0.4) is 0 Å². The number of halogens is 4. The number of aromatic nitrogens is 1. The number of hydrogen-bond donors (Lipinski definition) is 0. The van der Waals surface area contributed by atoms with E-state index in [0.717, 1.165) is 11.8 Å². The molecular weight excluding hydrogens is 494 g/mol. The van der Waals surface area contributed by atoms with Crippen LogP contribution in [-0.4, -0.2) is 37.6 Å². The predicted octanol–water partition coefficient (Wildman–Crippen LogP) is 6.03. The maximum Gasteiger partial charge on any atom is 0.437 e. The van der Waals surface area contributed by atoms with Gasteiger partial charge in [-0.05, 0) is 59.9 Å². The number of nitrogens with zero attached hydrogens (tertiary/aromatic N) is 1. The molecule has 1 aliphatic carbocycles. The molecular formula is C27H23F4NO5. The average Bonchev–Trinajstić information content (AvgIpc) is 3.63. The van der Waals surface area contributed by atoms with Crippen molar-refractivity contribution in [3.8, 4) is 16.9 Å². The summed E-state index contributed by atoms with van der Waals surface area (Å²) in [5, 5.41) is 3.13. The molecule has 6 nitrogen and oxygen atoms in total. The van der Waals surface area contributed by atoms with Crippen molar-refractivity contribution < 1.29 is 41.1 Å². The van der Waals surface area contributed by atoms with Crippen molar-refractivity contribution in [2.75, 3.05) is 20.8 Å². The molecule has 0 saturated heterocycles. The Hall–Kier alpha value is -3.66. The third-order valence-corrected chi connectivity index (χ3v) is 7.12. The number of methoxy groups -OCH3 is 2. The number of hydrogen-bond acceptors (Lipinski definition) is 6. The van der Waals surface area contributed by atoms with E-state index in [4.69, 9.17) is 14.2 Å². The second kappa shape index (κ2) is 9.33. The summed E-state index contributed by atoms with van der Waals surface area (Å²) in [5.41, 5.74) is 0.0200. The van der Waals surface area contributed by atoms with E-state index >= 15 is 0 Å². The van der Waals surface area contributed by atoms with Crippen LogP contribution in [0.2, 0.25) is 0 Å². The van der Waals surface area contributed by atoms with E-state index in [0.29, 0.717) is 29.7 Å². The molecule has 1 fully saturated rings. The molecule has 2 aromatic carbocycles. The fourth-order valence-electron chi connectivity index (χ4n) is 5.48. The van der Waals surface area contributed by atoms with Gasteiger partial charge < -0.3 is 18.7 Å². The van der Waals surface area contributed by atoms with E-state index in [9.17, 15) is 22.4 Å². The molecule has 2 heterocycles. The Morgan fingerprint density at radius 1 is 1.11 bits per heavy atom. The van der Waals surface area contributed by atoms with Crippen molar-refractivity contribution in [1.82, 2.24) is 5.16 Å². The van der Waals surface area contributed by atoms with Crippen LogP contribution in [0.1, 0.15) is 35.6 Å². The Morgan fingerprint density at radius 2 is 1.86 bits per heavy atom. The maximum absolute atomic E-state index is 13.7. The second-order valence-corrected chi connectivity index (χ2v) is 9.10. The normalized spacial score (nSPS) is 23.4. The monoisotopic (exact) mass is 517 g/mol. The molecule has 1 saturated carbocycles. The standard InChI is InChI=1S/C27H23F4NO5/c1-34-22-8-5-16(21-14-37-32-24(21)27(29,30)31)11-20(22)17-12-26(36-13-17)10-9-19(25(33)35-2)23(26)15-3-6-18(28)7-4-15/h3-8,11-12,14,19,23H,9-10,13H2,1-2H3/t19-,23+,26+/m0/s1. The summed E-state index contributed by atoms with van der Waals surface area (Å²) in [7, 11) is 2.79. The van der Waals surface area contributed by atoms with Gasteiger partial charge in [0.25, 0.3) is 0 Å². The fourth-order valence-corrected chi connectivity index (χ4v) is 5.48. The number of benzene rings is 2. The van der Waals surface area contributed by atoms with Crippen LogP contribution >= 0.6 is 0 Å². The lowest BCUT2D eigenvalue weighted by Gasteiger charge is -2.31. The van der Waals surface area contributed by atoms with Crippen molar-refractivity contribution in [3.63, 3.8) is 0 Å². The van der Waals surface area contributed by atoms with Crippen molar-refractivity contribution in [1.29, 1.82) is 0 Å². The van der Waals surface area contributed by atoms with E-state index < -0.39 is 35.1 Å². The van der Waals surface area contributed by atoms with Crippen molar-refractivity contribution in [2.24, 2.45) is 5.92 Å². The van der Waals surface area contributed by atoms with Gasteiger partial charge in [0.05, 0.1) is 37.9 Å². The van der Waals surface area contributed by atoms with Crippen LogP contribution in [-0.2, 0) is 20.4 Å². The van der Waals surface area contributed by atoms with Crippen LogP contribution in [0.5, 0.6) is 5.75 Å². The van der Waals surface area contributed by atoms with Crippen molar-refractivity contribution >= 4 is 11.5 Å². The van der Waals surface area contributed by atoms with Crippen LogP contribution in [0, 0.1) is 11.7 Å². The minimum Gasteiger partial charge on any atom is -0.496 e. The van der Waals surface area contributed by atoms with Gasteiger partial charge in [-0.25, -0.2) is 4.39 Å². The summed E-state index contributed by atoms with van der Waals surface area (Å²) in [4.78, 5) is 12.6. The molecule has 3 aromatic rings. The third kappa shape index (κ3) is 4.39. The molecule has 0 N–H and O–H groups in total. The number of ether oxygens (including phenoxy) is 3. The van der Waals surface area contributed by atoms with Gasteiger partial charge in [0.1, 0.15) is 17.8 Å². The first-order valence-corrected chi connectivity index (χ1v) is 11.6. The Labute approximate surface area is 209 Å². The molecule has 3 atom stereocenters. The molecule has 2 aliphatic rings. The second-order valence-electron chi connectivity index (χ2n) is 9.10. The molecule has 37 heavy (non-hydrogen) atoms. The van der Waals surface area contributed by atoms with Crippen LogP contribution < -0.4 is 4.74 Å². The third-order valence-electron chi connectivity index (χ3n) is 7.12. The summed E-state index contributed by atoms with van der Waals surface area (Å²) in [6, 6.07) is 10.6. The van der Waals surface area contributed by atoms with Gasteiger partial charge in [0.2, 0.25) is 0 Å². The zero-order valence-electron chi connectivity index (χ0n) is 20.0. The molecule has 1 spiro atoms. The number of alkyl halides is 3. The number of carbonyl (C=O) groups is 1. The van der Waals surface area contributed by atoms with E-state index in [2.05, 4.69) is 9.68 Å². The maximum atomic E-state index is 13.7. The van der Waals surface area contributed by atoms with Gasteiger partial charge in [0.15, 0.2) is 5.69 Å². The van der Waals surface area contributed by atoms with Gasteiger partial charge >= 0.3 is 12.1 Å². The minimum atomic E-state index is -4.68. The zero-order chi connectivity index (χ0) is 26.4. The first-order chi connectivity index (χ1) is 17.7. The first kappa shape index (κ1) is 25.0. The van der Waals surface area contributed by atoms with E-state index in [1.54, 1.807) is 24.3 Å². The molecule has 5 rings (SSSR count). The lowest BCUT2D eigenvalue weighted by atomic mass is 9.79. The highest BCUT2D eigenvalue weighted by atomic mass is 19.4. The average molecular weight is 517 g/mol. The Balaban J connectivity index is 1.58. The molecule has 0 amide bonds. The smallest absolute Gasteiger partial charge is 0.437 e. The summed E-state index contributed by atoms with van der Waals surface area (Å²) >= 11 is 0. The summed E-state index contributed by atoms with van der Waals surface area (Å²) in [6.45, 7) is 0.140. The molecule has 1 aliphatic heterocycles. The minimum absolute atomic E-state index is 0.140. The highest BCUT2D eigenvalue weighted by molar-refractivity contribution is 5.80. The highest BCUT2D eigenvalue weighted by Crippen LogP contribution is 2.54. The molecule has 1 aromatic heterocycles. The SMILES string of the molecule is COC(=O)[C@H]1CC[C@@]2(C=C(c3cc(-c4conc4C(F)(F)F)ccc3OC)CO2)[C@@H]1c1ccc(F)cc1. The van der Waals surface area contributed by atoms with E-state index in [1.807, 2.05) is 6.08 Å². The lowest BCUT2D eigenvalue weighted by Crippen LogP contribution is -2.34. The molecule has 194 valence electrons. The van der Waals surface area contributed by atoms with Crippen LogP contribution in [0.15, 0.2) is 59.3 Å². The van der Waals surface area contributed by atoms with Crippen LogP contribution in [0.4, 0.5) is 17.6 Å². The van der Waals surface area contributed by atoms with Gasteiger partial charge in [-0.1, -0.05) is 23.4 Å². The summed E-state index contributed by atoms with van der Waals surface area (Å²) < 4.78 is 75.5. The van der Waals surface area contributed by atoms with Gasteiger partial charge in [-0.3, -0.25) is 4.79 Å². The highest BCUT2D eigenvalue weighted by Gasteiger charge is 2.54. The number of esters is 1. The Bertz CT molecular complexity index is 1350. The topological polar surface area (TPSA) is 70.8 Å². The van der Waals surface area contributed by atoms with E-state index in [-0.39, 0.29) is 23.7 Å². The molecule has 10 heteroatoms. The van der Waals surface area contributed by atoms with Crippen molar-refractivity contribution in [2.45, 2.75) is 30.5 Å². The van der Waals surface area contributed by atoms with Gasteiger partial charge in [-0.15, -0.1) is 0 Å². The first-order valence-electron chi connectivity index (χ1n) is 11.6. The number of rotatable bonds is 5. The summed E-state index contributed by atoms with van der Waals surface area (Å²) in [6.07, 6.45) is -0.825. The predicted molar refractivity (Wildman–Crippen MR) is 124 cm³/mol. The largest absolute Gasteiger partial charge is 0.496 e. The Kier molecular flexibility index (Phi) is 6.31. The number of carbonyl (C=O) groups excluding carboxylic acids is 1. The van der Waals surface area contributed by atoms with Gasteiger partial charge in [-0.2, -0.15) is 13.2 Å². The van der Waals surface area contributed by atoms with Crippen LogP contribution in [0.25, 0.3) is 16.7 Å². The van der Waals surface area contributed by atoms with Gasteiger partial charge in [0, 0.05) is 11.5 Å².